The molecule has 5 nitrogen and oxygen atoms in total. The highest BCUT2D eigenvalue weighted by Gasteiger charge is 2.18. The number of amides is 2. The van der Waals surface area contributed by atoms with Gasteiger partial charge in [0.2, 0.25) is 0 Å². The third-order valence-electron chi connectivity index (χ3n) is 3.65. The maximum Gasteiger partial charge on any atom is 0.265 e. The molecular weight excluding hydrogens is 328 g/mol. The largest absolute Gasteiger partial charge is 0.481 e. The molecule has 0 bridgehead atoms. The van der Waals surface area contributed by atoms with E-state index in [2.05, 4.69) is 10.6 Å². The number of ether oxygens (including phenoxy) is 1. The lowest BCUT2D eigenvalue weighted by Gasteiger charge is -2.21. The summed E-state index contributed by atoms with van der Waals surface area (Å²) < 4.78 is 5.73. The number of aryl methyl sites for hydroxylation is 1. The van der Waals surface area contributed by atoms with E-state index >= 15 is 0 Å². The summed E-state index contributed by atoms with van der Waals surface area (Å²) in [5.74, 6) is 0.216. The number of hydrogen-bond acceptors (Lipinski definition) is 3. The molecule has 0 aromatic heterocycles. The molecule has 5 heteroatoms. The van der Waals surface area contributed by atoms with Crippen molar-refractivity contribution < 1.29 is 14.3 Å². The van der Waals surface area contributed by atoms with E-state index in [9.17, 15) is 9.59 Å². The smallest absolute Gasteiger partial charge is 0.265 e. The lowest BCUT2D eigenvalue weighted by atomic mass is 10.1. The van der Waals surface area contributed by atoms with Gasteiger partial charge in [-0.2, -0.15) is 0 Å². The second-order valence-electron chi connectivity index (χ2n) is 7.30. The van der Waals surface area contributed by atoms with Crippen molar-refractivity contribution in [1.82, 2.24) is 5.32 Å². The minimum atomic E-state index is -0.664. The van der Waals surface area contributed by atoms with Crippen LogP contribution in [0.4, 0.5) is 5.69 Å². The first-order valence-corrected chi connectivity index (χ1v) is 8.61. The summed E-state index contributed by atoms with van der Waals surface area (Å²) in [4.78, 5) is 24.7. The minimum absolute atomic E-state index is 0.183. The molecule has 2 amide bonds. The molecule has 0 saturated carbocycles. The second-order valence-corrected chi connectivity index (χ2v) is 7.30. The van der Waals surface area contributed by atoms with Gasteiger partial charge in [0.1, 0.15) is 5.75 Å². The predicted molar refractivity (Wildman–Crippen MR) is 104 cm³/mol. The molecule has 0 aliphatic carbocycles. The Morgan fingerprint density at radius 2 is 1.73 bits per heavy atom. The van der Waals surface area contributed by atoms with Crippen molar-refractivity contribution in [2.24, 2.45) is 0 Å². The first kappa shape index (κ1) is 19.5. The molecule has 2 N–H and O–H groups in total. The van der Waals surface area contributed by atoms with Crippen LogP contribution in [0, 0.1) is 6.92 Å². The Morgan fingerprint density at radius 3 is 2.38 bits per heavy atom. The number of carbonyl (C=O) groups excluding carboxylic acids is 2. The lowest BCUT2D eigenvalue weighted by Crippen LogP contribution is -2.40. The van der Waals surface area contributed by atoms with Crippen molar-refractivity contribution >= 4 is 17.5 Å². The normalized spacial score (nSPS) is 12.2. The van der Waals surface area contributed by atoms with Gasteiger partial charge < -0.3 is 15.4 Å². The van der Waals surface area contributed by atoms with Crippen LogP contribution in [0.2, 0.25) is 0 Å². The first-order valence-electron chi connectivity index (χ1n) is 8.61. The highest BCUT2D eigenvalue weighted by atomic mass is 16.5. The van der Waals surface area contributed by atoms with Crippen LogP contribution in [-0.2, 0) is 4.79 Å². The Balaban J connectivity index is 2.03. The van der Waals surface area contributed by atoms with Crippen LogP contribution in [0.5, 0.6) is 5.75 Å². The summed E-state index contributed by atoms with van der Waals surface area (Å²) in [6.45, 7) is 9.37. The quantitative estimate of drug-likeness (QED) is 0.855. The minimum Gasteiger partial charge on any atom is -0.481 e. The third kappa shape index (κ3) is 5.62. The van der Waals surface area contributed by atoms with Gasteiger partial charge >= 0.3 is 0 Å². The van der Waals surface area contributed by atoms with E-state index in [4.69, 9.17) is 4.74 Å². The number of hydrogen-bond donors (Lipinski definition) is 2. The molecule has 1 atom stereocenters. The molecule has 2 aromatic carbocycles. The van der Waals surface area contributed by atoms with E-state index in [0.717, 1.165) is 5.56 Å². The average molecular weight is 354 g/mol. The van der Waals surface area contributed by atoms with Crippen LogP contribution < -0.4 is 15.4 Å². The molecule has 0 radical (unpaired) electrons. The summed E-state index contributed by atoms with van der Waals surface area (Å²) in [5, 5.41) is 5.70. The highest BCUT2D eigenvalue weighted by Crippen LogP contribution is 2.19. The van der Waals surface area contributed by atoms with Crippen molar-refractivity contribution in [2.75, 3.05) is 5.32 Å². The molecular formula is C21H26N2O3. The fourth-order valence-corrected chi connectivity index (χ4v) is 2.33. The van der Waals surface area contributed by atoms with E-state index in [1.165, 1.54) is 0 Å². The van der Waals surface area contributed by atoms with Crippen LogP contribution in [0.1, 0.15) is 43.6 Å². The van der Waals surface area contributed by atoms with Gasteiger partial charge in [0.15, 0.2) is 6.10 Å². The number of rotatable bonds is 5. The monoisotopic (exact) mass is 354 g/mol. The topological polar surface area (TPSA) is 67.4 Å². The highest BCUT2D eigenvalue weighted by molar-refractivity contribution is 5.98. The summed E-state index contributed by atoms with van der Waals surface area (Å²) in [6, 6.07) is 14.4. The predicted octanol–water partition coefficient (Wildman–Crippen LogP) is 3.93. The van der Waals surface area contributed by atoms with E-state index in [-0.39, 0.29) is 17.4 Å². The van der Waals surface area contributed by atoms with Gasteiger partial charge in [-0.1, -0.05) is 24.3 Å². The van der Waals surface area contributed by atoms with Crippen molar-refractivity contribution in [1.29, 1.82) is 0 Å². The molecule has 0 spiro atoms. The van der Waals surface area contributed by atoms with Gasteiger partial charge in [0.05, 0.1) is 0 Å². The van der Waals surface area contributed by atoms with Crippen LogP contribution in [0.15, 0.2) is 48.5 Å². The maximum atomic E-state index is 12.4. The average Bonchev–Trinajstić information content (AvgIpc) is 2.55. The second kappa shape index (κ2) is 8.04. The van der Waals surface area contributed by atoms with E-state index in [1.807, 2.05) is 52.0 Å². The maximum absolute atomic E-state index is 12.4. The van der Waals surface area contributed by atoms with Crippen molar-refractivity contribution in [3.63, 3.8) is 0 Å². The van der Waals surface area contributed by atoms with Gasteiger partial charge in [-0.3, -0.25) is 9.59 Å². The Bertz CT molecular complexity index is 794. The zero-order valence-corrected chi connectivity index (χ0v) is 15.9. The molecule has 26 heavy (non-hydrogen) atoms. The number of carbonyl (C=O) groups is 2. The summed E-state index contributed by atoms with van der Waals surface area (Å²) in [7, 11) is 0. The molecule has 2 aromatic rings. The number of para-hydroxylation sites is 1. The van der Waals surface area contributed by atoms with E-state index in [1.54, 1.807) is 31.2 Å². The number of nitrogens with one attached hydrogen (secondary N) is 2. The number of anilines is 1. The summed E-state index contributed by atoms with van der Waals surface area (Å²) in [5.41, 5.74) is 1.68. The molecule has 138 valence electrons. The molecule has 2 rings (SSSR count). The molecule has 0 saturated heterocycles. The zero-order chi connectivity index (χ0) is 19.3. The van der Waals surface area contributed by atoms with Crippen molar-refractivity contribution in [2.45, 2.75) is 46.3 Å². The summed E-state index contributed by atoms with van der Waals surface area (Å²) in [6.07, 6.45) is -0.664. The van der Waals surface area contributed by atoms with Gasteiger partial charge in [-0.25, -0.2) is 0 Å². The molecule has 0 aliphatic heterocycles. The Hall–Kier alpha value is -2.82. The van der Waals surface area contributed by atoms with Crippen LogP contribution in [0.25, 0.3) is 0 Å². The van der Waals surface area contributed by atoms with Gasteiger partial charge in [-0.05, 0) is 64.4 Å². The van der Waals surface area contributed by atoms with Crippen molar-refractivity contribution in [3.05, 3.63) is 59.7 Å². The molecule has 0 fully saturated rings. The van der Waals surface area contributed by atoms with Gasteiger partial charge in [0, 0.05) is 16.8 Å². The van der Waals surface area contributed by atoms with Gasteiger partial charge in [-0.15, -0.1) is 0 Å². The standard InChI is InChI=1S/C21H26N2O3/c1-14-9-6-7-12-18(14)26-15(2)19(24)22-17-11-8-10-16(13-17)20(25)23-21(3,4)5/h6-13,15H,1-5H3,(H,22,24)(H,23,25). The third-order valence-corrected chi connectivity index (χ3v) is 3.65. The Kier molecular flexibility index (Phi) is 6.03. The zero-order valence-electron chi connectivity index (χ0n) is 15.9. The van der Waals surface area contributed by atoms with Crippen LogP contribution in [-0.4, -0.2) is 23.5 Å². The van der Waals surface area contributed by atoms with E-state index in [0.29, 0.717) is 17.0 Å². The summed E-state index contributed by atoms with van der Waals surface area (Å²) >= 11 is 0. The molecule has 0 heterocycles. The van der Waals surface area contributed by atoms with E-state index < -0.39 is 6.10 Å². The molecule has 1 unspecified atom stereocenters. The lowest BCUT2D eigenvalue weighted by molar-refractivity contribution is -0.122. The first-order chi connectivity index (χ1) is 12.2. The Morgan fingerprint density at radius 1 is 1.04 bits per heavy atom. The fourth-order valence-electron chi connectivity index (χ4n) is 2.33. The number of benzene rings is 2. The van der Waals surface area contributed by atoms with Gasteiger partial charge in [0.25, 0.3) is 11.8 Å². The van der Waals surface area contributed by atoms with Crippen molar-refractivity contribution in [3.8, 4) is 5.75 Å². The Labute approximate surface area is 154 Å². The van der Waals surface area contributed by atoms with Crippen LogP contribution >= 0.6 is 0 Å². The SMILES string of the molecule is Cc1ccccc1OC(C)C(=O)Nc1cccc(C(=O)NC(C)(C)C)c1. The fraction of sp³-hybridized carbons (Fsp3) is 0.333. The van der Waals surface area contributed by atoms with Crippen LogP contribution in [0.3, 0.4) is 0 Å². The molecule has 0 aliphatic rings.